The Labute approximate surface area is 165 Å². The Balaban J connectivity index is 1.51. The predicted octanol–water partition coefficient (Wildman–Crippen LogP) is 2.52. The Morgan fingerprint density at radius 3 is 2.75 bits per heavy atom. The fourth-order valence-electron chi connectivity index (χ4n) is 3.57. The average molecular weight is 397 g/mol. The van der Waals surface area contributed by atoms with Crippen LogP contribution >= 0.6 is 11.3 Å². The molecule has 0 N–H and O–H groups in total. The highest BCUT2D eigenvalue weighted by Crippen LogP contribution is 2.34. The molecule has 0 radical (unpaired) electrons. The van der Waals surface area contributed by atoms with Crippen molar-refractivity contribution in [3.8, 4) is 0 Å². The number of aryl methyl sites for hydroxylation is 1. The molecule has 8 heteroatoms. The van der Waals surface area contributed by atoms with Gasteiger partial charge in [-0.05, 0) is 30.4 Å². The van der Waals surface area contributed by atoms with Crippen LogP contribution in [0, 0.1) is 0 Å². The maximum absolute atomic E-state index is 12.6. The van der Waals surface area contributed by atoms with Gasteiger partial charge in [-0.2, -0.15) is 5.10 Å². The summed E-state index contributed by atoms with van der Waals surface area (Å²) < 4.78 is 6.37. The fraction of sp³-hybridized carbons (Fsp3) is 0.300. The van der Waals surface area contributed by atoms with Crippen LogP contribution < -0.4 is 5.56 Å². The first-order valence-electron chi connectivity index (χ1n) is 9.02. The van der Waals surface area contributed by atoms with E-state index >= 15 is 0 Å². The summed E-state index contributed by atoms with van der Waals surface area (Å²) in [7, 11) is 1.48. The van der Waals surface area contributed by atoms with E-state index in [4.69, 9.17) is 4.74 Å². The third kappa shape index (κ3) is 3.31. The number of nitrogens with zero attached hydrogens (tertiary/aromatic N) is 3. The molecule has 1 saturated heterocycles. The zero-order chi connectivity index (χ0) is 19.7. The van der Waals surface area contributed by atoms with E-state index < -0.39 is 5.97 Å². The van der Waals surface area contributed by atoms with Crippen molar-refractivity contribution < 1.29 is 14.3 Å². The number of ether oxygens (including phenoxy) is 1. The molecule has 4 rings (SSSR count). The van der Waals surface area contributed by atoms with Crippen molar-refractivity contribution in [2.24, 2.45) is 7.05 Å². The highest BCUT2D eigenvalue weighted by Gasteiger charge is 2.31. The minimum Gasteiger partial charge on any atom is -0.451 e. The van der Waals surface area contributed by atoms with E-state index in [0.29, 0.717) is 17.3 Å². The summed E-state index contributed by atoms with van der Waals surface area (Å²) in [5, 5.41) is 6.83. The van der Waals surface area contributed by atoms with Crippen molar-refractivity contribution >= 4 is 34.0 Å². The SMILES string of the molecule is Cn1nc(C(=O)OCC(=O)N2CCCC2c2cccs2)c2ccccc2c1=O. The summed E-state index contributed by atoms with van der Waals surface area (Å²) in [6.07, 6.45) is 1.84. The van der Waals surface area contributed by atoms with Crippen LogP contribution in [0.5, 0.6) is 0 Å². The van der Waals surface area contributed by atoms with Gasteiger partial charge < -0.3 is 9.64 Å². The second kappa shape index (κ2) is 7.55. The van der Waals surface area contributed by atoms with E-state index in [9.17, 15) is 14.4 Å². The van der Waals surface area contributed by atoms with Crippen LogP contribution in [0.2, 0.25) is 0 Å². The first-order chi connectivity index (χ1) is 13.6. The molecule has 0 spiro atoms. The first kappa shape index (κ1) is 18.4. The minimum absolute atomic E-state index is 0.0294. The summed E-state index contributed by atoms with van der Waals surface area (Å²) in [5.74, 6) is -0.939. The number of rotatable bonds is 4. The summed E-state index contributed by atoms with van der Waals surface area (Å²) in [4.78, 5) is 40.3. The second-order valence-electron chi connectivity index (χ2n) is 6.66. The van der Waals surface area contributed by atoms with E-state index in [1.165, 1.54) is 7.05 Å². The van der Waals surface area contributed by atoms with E-state index in [-0.39, 0.29) is 29.8 Å². The molecule has 28 heavy (non-hydrogen) atoms. The lowest BCUT2D eigenvalue weighted by Crippen LogP contribution is -2.34. The summed E-state index contributed by atoms with van der Waals surface area (Å²) >= 11 is 1.62. The Bertz CT molecular complexity index is 1090. The van der Waals surface area contributed by atoms with Crippen molar-refractivity contribution in [2.45, 2.75) is 18.9 Å². The lowest BCUT2D eigenvalue weighted by molar-refractivity contribution is -0.135. The molecule has 0 saturated carbocycles. The molecule has 1 unspecified atom stereocenters. The number of benzene rings is 1. The second-order valence-corrected chi connectivity index (χ2v) is 7.64. The van der Waals surface area contributed by atoms with Gasteiger partial charge in [-0.25, -0.2) is 9.48 Å². The Morgan fingerprint density at radius 2 is 2.00 bits per heavy atom. The molecule has 0 aliphatic carbocycles. The smallest absolute Gasteiger partial charge is 0.359 e. The number of aromatic nitrogens is 2. The van der Waals surface area contributed by atoms with Gasteiger partial charge in [0.25, 0.3) is 11.5 Å². The number of thiophene rings is 1. The van der Waals surface area contributed by atoms with Gasteiger partial charge in [0.2, 0.25) is 0 Å². The first-order valence-corrected chi connectivity index (χ1v) is 9.90. The van der Waals surface area contributed by atoms with Gasteiger partial charge >= 0.3 is 5.97 Å². The van der Waals surface area contributed by atoms with E-state index in [0.717, 1.165) is 22.4 Å². The maximum atomic E-state index is 12.6. The zero-order valence-electron chi connectivity index (χ0n) is 15.3. The molecule has 1 fully saturated rings. The molecule has 1 atom stereocenters. The van der Waals surface area contributed by atoms with Crippen LogP contribution in [-0.4, -0.2) is 39.7 Å². The van der Waals surface area contributed by atoms with Crippen molar-refractivity contribution in [1.29, 1.82) is 0 Å². The number of esters is 1. The predicted molar refractivity (Wildman–Crippen MR) is 105 cm³/mol. The third-order valence-electron chi connectivity index (χ3n) is 4.92. The number of hydrogen-bond donors (Lipinski definition) is 0. The van der Waals surface area contributed by atoms with Crippen molar-refractivity contribution in [3.63, 3.8) is 0 Å². The number of carbonyl (C=O) groups is 2. The van der Waals surface area contributed by atoms with Gasteiger partial charge in [0, 0.05) is 23.9 Å². The average Bonchev–Trinajstić information content (AvgIpc) is 3.40. The molecule has 2 aromatic heterocycles. The Kier molecular flexibility index (Phi) is 4.95. The van der Waals surface area contributed by atoms with Gasteiger partial charge in [0.05, 0.1) is 11.4 Å². The Hall–Kier alpha value is -3.00. The zero-order valence-corrected chi connectivity index (χ0v) is 16.1. The van der Waals surface area contributed by atoms with Gasteiger partial charge in [0.15, 0.2) is 12.3 Å². The van der Waals surface area contributed by atoms with Crippen molar-refractivity contribution in [3.05, 3.63) is 62.7 Å². The summed E-state index contributed by atoms with van der Waals surface area (Å²) in [5.41, 5.74) is -0.263. The highest BCUT2D eigenvalue weighted by molar-refractivity contribution is 7.10. The maximum Gasteiger partial charge on any atom is 0.359 e. The molecule has 1 aromatic carbocycles. The lowest BCUT2D eigenvalue weighted by Gasteiger charge is -2.23. The summed E-state index contributed by atoms with van der Waals surface area (Å²) in [6, 6.07) is 10.8. The van der Waals surface area contributed by atoms with Crippen LogP contribution in [-0.2, 0) is 16.6 Å². The summed E-state index contributed by atoms with van der Waals surface area (Å²) in [6.45, 7) is 0.305. The molecule has 144 valence electrons. The van der Waals surface area contributed by atoms with Gasteiger partial charge in [-0.3, -0.25) is 9.59 Å². The van der Waals surface area contributed by atoms with Crippen molar-refractivity contribution in [2.75, 3.05) is 13.2 Å². The van der Waals surface area contributed by atoms with Gasteiger partial charge in [0.1, 0.15) is 0 Å². The van der Waals surface area contributed by atoms with Crippen LogP contribution in [0.15, 0.2) is 46.6 Å². The number of likely N-dealkylation sites (tertiary alicyclic amines) is 1. The highest BCUT2D eigenvalue weighted by atomic mass is 32.1. The van der Waals surface area contributed by atoms with Gasteiger partial charge in [-0.15, -0.1) is 11.3 Å². The van der Waals surface area contributed by atoms with Crippen molar-refractivity contribution in [1.82, 2.24) is 14.7 Å². The van der Waals surface area contributed by atoms with Crippen LogP contribution in [0.4, 0.5) is 0 Å². The quantitative estimate of drug-likeness (QED) is 0.632. The van der Waals surface area contributed by atoms with Gasteiger partial charge in [-0.1, -0.05) is 24.3 Å². The normalized spacial score (nSPS) is 16.5. The minimum atomic E-state index is -0.716. The van der Waals surface area contributed by atoms with Crippen LogP contribution in [0.25, 0.3) is 10.8 Å². The van der Waals surface area contributed by atoms with E-state index in [1.807, 2.05) is 17.5 Å². The number of carbonyl (C=O) groups excluding carboxylic acids is 2. The monoisotopic (exact) mass is 397 g/mol. The topological polar surface area (TPSA) is 81.5 Å². The molecule has 1 amide bonds. The van der Waals surface area contributed by atoms with E-state index in [2.05, 4.69) is 5.10 Å². The molecule has 7 nitrogen and oxygen atoms in total. The molecular weight excluding hydrogens is 378 g/mol. The third-order valence-corrected chi connectivity index (χ3v) is 5.89. The molecular formula is C20H19N3O4S. The Morgan fingerprint density at radius 1 is 1.21 bits per heavy atom. The molecule has 0 bridgehead atoms. The number of hydrogen-bond acceptors (Lipinski definition) is 6. The number of fused-ring (bicyclic) bond motifs is 1. The molecule has 3 heterocycles. The van der Waals surface area contributed by atoms with Crippen LogP contribution in [0.3, 0.4) is 0 Å². The standard InChI is InChI=1S/C20H19N3O4S/c1-22-19(25)14-7-3-2-6-13(14)18(21-22)20(26)27-12-17(24)23-10-4-8-15(23)16-9-5-11-28-16/h2-3,5-7,9,11,15H,4,8,10,12H2,1H3. The van der Waals surface area contributed by atoms with Crippen LogP contribution in [0.1, 0.15) is 34.2 Å². The molecule has 3 aromatic rings. The fourth-order valence-corrected chi connectivity index (χ4v) is 4.44. The molecule has 1 aliphatic heterocycles. The van der Waals surface area contributed by atoms with E-state index in [1.54, 1.807) is 40.5 Å². The molecule has 1 aliphatic rings. The largest absolute Gasteiger partial charge is 0.451 e. The lowest BCUT2D eigenvalue weighted by atomic mass is 10.1. The number of amides is 1.